The second-order valence-corrected chi connectivity index (χ2v) is 6.88. The molecule has 140 valence electrons. The lowest BCUT2D eigenvalue weighted by atomic mass is 9.97. The number of rotatable bonds is 2. The Morgan fingerprint density at radius 1 is 1.19 bits per heavy atom. The number of carbonyl (C=O) groups excluding carboxylic acids is 1. The zero-order chi connectivity index (χ0) is 19.1. The largest absolute Gasteiger partial charge is 0.440 e. The number of amides is 1. The number of oxazole rings is 1. The van der Waals surface area contributed by atoms with Crippen molar-refractivity contribution in [3.05, 3.63) is 62.8 Å². The van der Waals surface area contributed by atoms with E-state index in [-0.39, 0.29) is 17.5 Å². The molecule has 0 N–H and O–H groups in total. The molecular formula is C19H20N4O4. The molecule has 4 rings (SSSR count). The van der Waals surface area contributed by atoms with E-state index in [0.29, 0.717) is 19.0 Å². The quantitative estimate of drug-likeness (QED) is 0.679. The molecule has 0 aliphatic carbocycles. The van der Waals surface area contributed by atoms with E-state index < -0.39 is 11.2 Å². The third kappa shape index (κ3) is 2.97. The molecule has 1 aliphatic rings. The van der Waals surface area contributed by atoms with E-state index in [2.05, 4.69) is 4.98 Å². The predicted octanol–water partition coefficient (Wildman–Crippen LogP) is 1.24. The second kappa shape index (κ2) is 6.53. The first-order valence-corrected chi connectivity index (χ1v) is 8.87. The minimum absolute atomic E-state index is 0.0151. The summed E-state index contributed by atoms with van der Waals surface area (Å²) < 4.78 is 8.06. The molecule has 2 aromatic heterocycles. The van der Waals surface area contributed by atoms with Crippen LogP contribution in [0.15, 0.2) is 44.3 Å². The van der Waals surface area contributed by atoms with Crippen molar-refractivity contribution in [1.82, 2.24) is 19.0 Å². The molecule has 0 bridgehead atoms. The third-order valence-corrected chi connectivity index (χ3v) is 5.11. The van der Waals surface area contributed by atoms with Gasteiger partial charge in [0.25, 0.3) is 11.5 Å². The summed E-state index contributed by atoms with van der Waals surface area (Å²) in [4.78, 5) is 43.2. The summed E-state index contributed by atoms with van der Waals surface area (Å²) >= 11 is 0. The zero-order valence-corrected chi connectivity index (χ0v) is 15.2. The molecule has 1 saturated heterocycles. The molecule has 1 amide bonds. The summed E-state index contributed by atoms with van der Waals surface area (Å²) in [6.07, 6.45) is 1.67. The summed E-state index contributed by atoms with van der Waals surface area (Å²) in [5, 5.41) is 0. The highest BCUT2D eigenvalue weighted by Crippen LogP contribution is 2.29. The van der Waals surface area contributed by atoms with Gasteiger partial charge in [-0.3, -0.25) is 18.7 Å². The van der Waals surface area contributed by atoms with Crippen LogP contribution in [0.5, 0.6) is 0 Å². The Morgan fingerprint density at radius 2 is 1.96 bits per heavy atom. The Kier molecular flexibility index (Phi) is 4.18. The summed E-state index contributed by atoms with van der Waals surface area (Å²) in [7, 11) is 2.89. The number of fused-ring (bicyclic) bond motifs is 1. The molecule has 8 heteroatoms. The Morgan fingerprint density at radius 3 is 2.74 bits per heavy atom. The van der Waals surface area contributed by atoms with E-state index in [1.807, 2.05) is 24.3 Å². The SMILES string of the molecule is Cn1c(C(=O)N2CCCC(c3nc4ccccc4o3)C2)cc(=O)n(C)c1=O. The number of para-hydroxylation sites is 2. The van der Waals surface area contributed by atoms with Crippen molar-refractivity contribution in [2.45, 2.75) is 18.8 Å². The Bertz CT molecular complexity index is 1110. The minimum atomic E-state index is -0.515. The van der Waals surface area contributed by atoms with Gasteiger partial charge in [0.2, 0.25) is 0 Å². The second-order valence-electron chi connectivity index (χ2n) is 6.88. The third-order valence-electron chi connectivity index (χ3n) is 5.11. The summed E-state index contributed by atoms with van der Waals surface area (Å²) in [5.41, 5.74) is 0.614. The van der Waals surface area contributed by atoms with Gasteiger partial charge in [0.05, 0.1) is 5.92 Å². The number of nitrogens with zero attached hydrogens (tertiary/aromatic N) is 4. The topological polar surface area (TPSA) is 90.3 Å². The summed E-state index contributed by atoms with van der Waals surface area (Å²) in [6.45, 7) is 1.01. The van der Waals surface area contributed by atoms with Crippen LogP contribution in [0.1, 0.15) is 35.1 Å². The monoisotopic (exact) mass is 368 g/mol. The van der Waals surface area contributed by atoms with E-state index in [1.54, 1.807) is 4.90 Å². The molecule has 0 saturated carbocycles. The van der Waals surface area contributed by atoms with E-state index in [9.17, 15) is 14.4 Å². The number of benzene rings is 1. The van der Waals surface area contributed by atoms with Crippen molar-refractivity contribution >= 4 is 17.0 Å². The van der Waals surface area contributed by atoms with Crippen molar-refractivity contribution in [3.8, 4) is 0 Å². The molecule has 0 radical (unpaired) electrons. The molecule has 1 fully saturated rings. The van der Waals surface area contributed by atoms with Crippen LogP contribution in [0.2, 0.25) is 0 Å². The standard InChI is InChI=1S/C19H20N4O4/c1-21-14(10-16(24)22(2)19(21)26)18(25)23-9-5-6-12(11-23)17-20-13-7-3-4-8-15(13)27-17/h3-4,7-8,10,12H,5-6,9,11H2,1-2H3. The number of hydrogen-bond donors (Lipinski definition) is 0. The van der Waals surface area contributed by atoms with Gasteiger partial charge < -0.3 is 9.32 Å². The number of piperidine rings is 1. The molecule has 1 aromatic carbocycles. The molecule has 1 atom stereocenters. The maximum atomic E-state index is 13.0. The van der Waals surface area contributed by atoms with Crippen molar-refractivity contribution in [2.75, 3.05) is 13.1 Å². The number of hydrogen-bond acceptors (Lipinski definition) is 5. The molecular weight excluding hydrogens is 348 g/mol. The fourth-order valence-electron chi connectivity index (χ4n) is 3.53. The average molecular weight is 368 g/mol. The van der Waals surface area contributed by atoms with Gasteiger partial charge in [-0.25, -0.2) is 9.78 Å². The van der Waals surface area contributed by atoms with Gasteiger partial charge in [0.15, 0.2) is 11.5 Å². The van der Waals surface area contributed by atoms with E-state index in [4.69, 9.17) is 4.42 Å². The normalized spacial score (nSPS) is 17.4. The Labute approximate surface area is 154 Å². The zero-order valence-electron chi connectivity index (χ0n) is 15.2. The Hall–Kier alpha value is -3.16. The highest BCUT2D eigenvalue weighted by atomic mass is 16.3. The van der Waals surface area contributed by atoms with Gasteiger partial charge in [-0.2, -0.15) is 0 Å². The highest BCUT2D eigenvalue weighted by molar-refractivity contribution is 5.92. The maximum absolute atomic E-state index is 13.0. The van der Waals surface area contributed by atoms with Crippen LogP contribution in [0.4, 0.5) is 0 Å². The lowest BCUT2D eigenvalue weighted by molar-refractivity contribution is 0.0686. The summed E-state index contributed by atoms with van der Waals surface area (Å²) in [5.74, 6) is 0.276. The van der Waals surface area contributed by atoms with Gasteiger partial charge >= 0.3 is 5.69 Å². The lowest BCUT2D eigenvalue weighted by Crippen LogP contribution is -2.44. The molecule has 1 aliphatic heterocycles. The Balaban J connectivity index is 1.62. The van der Waals surface area contributed by atoms with Crippen LogP contribution in [-0.2, 0) is 14.1 Å². The van der Waals surface area contributed by atoms with Gasteiger partial charge in [0, 0.05) is 33.3 Å². The van der Waals surface area contributed by atoms with Crippen molar-refractivity contribution in [1.29, 1.82) is 0 Å². The number of likely N-dealkylation sites (tertiary alicyclic amines) is 1. The first-order chi connectivity index (χ1) is 13.0. The molecule has 1 unspecified atom stereocenters. The molecule has 3 heterocycles. The van der Waals surface area contributed by atoms with Gasteiger partial charge in [-0.05, 0) is 25.0 Å². The van der Waals surface area contributed by atoms with Crippen molar-refractivity contribution in [3.63, 3.8) is 0 Å². The van der Waals surface area contributed by atoms with Crippen LogP contribution in [-0.4, -0.2) is 38.0 Å². The number of carbonyl (C=O) groups is 1. The first kappa shape index (κ1) is 17.3. The van der Waals surface area contributed by atoms with Crippen molar-refractivity contribution < 1.29 is 9.21 Å². The minimum Gasteiger partial charge on any atom is -0.440 e. The van der Waals surface area contributed by atoms with Crippen LogP contribution in [0.3, 0.4) is 0 Å². The number of aromatic nitrogens is 3. The van der Waals surface area contributed by atoms with Crippen LogP contribution in [0, 0.1) is 0 Å². The molecule has 8 nitrogen and oxygen atoms in total. The molecule has 0 spiro atoms. The lowest BCUT2D eigenvalue weighted by Gasteiger charge is -2.31. The fraction of sp³-hybridized carbons (Fsp3) is 0.368. The van der Waals surface area contributed by atoms with Crippen LogP contribution in [0.25, 0.3) is 11.1 Å². The average Bonchev–Trinajstić information content (AvgIpc) is 3.13. The van der Waals surface area contributed by atoms with Gasteiger partial charge in [-0.1, -0.05) is 12.1 Å². The van der Waals surface area contributed by atoms with E-state index >= 15 is 0 Å². The fourth-order valence-corrected chi connectivity index (χ4v) is 3.53. The van der Waals surface area contributed by atoms with Gasteiger partial charge in [-0.15, -0.1) is 0 Å². The van der Waals surface area contributed by atoms with Crippen LogP contribution >= 0.6 is 0 Å². The van der Waals surface area contributed by atoms with Crippen LogP contribution < -0.4 is 11.2 Å². The van der Waals surface area contributed by atoms with Gasteiger partial charge in [0.1, 0.15) is 11.2 Å². The predicted molar refractivity (Wildman–Crippen MR) is 98.8 cm³/mol. The first-order valence-electron chi connectivity index (χ1n) is 8.87. The maximum Gasteiger partial charge on any atom is 0.331 e. The van der Waals surface area contributed by atoms with Crippen molar-refractivity contribution in [2.24, 2.45) is 14.1 Å². The summed E-state index contributed by atoms with van der Waals surface area (Å²) in [6, 6.07) is 8.77. The highest BCUT2D eigenvalue weighted by Gasteiger charge is 2.30. The molecule has 27 heavy (non-hydrogen) atoms. The van der Waals surface area contributed by atoms with E-state index in [0.717, 1.165) is 28.5 Å². The van der Waals surface area contributed by atoms with E-state index in [1.165, 1.54) is 24.7 Å². The smallest absolute Gasteiger partial charge is 0.331 e. The molecule has 3 aromatic rings.